The number of hydrogen-bond acceptors (Lipinski definition) is 2. The Bertz CT molecular complexity index is 381. The van der Waals surface area contributed by atoms with E-state index in [0.29, 0.717) is 11.4 Å². The van der Waals surface area contributed by atoms with Crippen molar-refractivity contribution in [1.29, 1.82) is 0 Å². The van der Waals surface area contributed by atoms with Gasteiger partial charge in [0, 0.05) is 27.4 Å². The lowest BCUT2D eigenvalue weighted by atomic mass is 9.92. The van der Waals surface area contributed by atoms with Crippen LogP contribution in [-0.2, 0) is 0 Å². The Labute approximate surface area is 102 Å². The average Bonchev–Trinajstić information content (AvgIpc) is 2.15. The van der Waals surface area contributed by atoms with E-state index in [2.05, 4.69) is 51.2 Å². The van der Waals surface area contributed by atoms with Gasteiger partial charge in [0.25, 0.3) is 0 Å². The normalized spacial score (nSPS) is 9.71. The molecule has 1 aromatic heterocycles. The molecule has 0 saturated carbocycles. The van der Waals surface area contributed by atoms with Crippen LogP contribution < -0.4 is 5.46 Å². The molecule has 1 rings (SSSR count). The third-order valence-corrected chi connectivity index (χ3v) is 2.61. The van der Waals surface area contributed by atoms with Crippen LogP contribution >= 0.6 is 30.1 Å². The zero-order chi connectivity index (χ0) is 10.6. The monoisotopic (exact) mass is 313 g/mol. The predicted octanol–water partition coefficient (Wildman–Crippen LogP) is 2.39. The van der Waals surface area contributed by atoms with Crippen LogP contribution in [0.4, 0.5) is 0 Å². The van der Waals surface area contributed by atoms with Gasteiger partial charge in [-0.15, -0.1) is 0 Å². The number of pyridine rings is 1. The number of aromatic nitrogens is 1. The molecule has 0 spiro atoms. The van der Waals surface area contributed by atoms with Gasteiger partial charge in [-0.05, 0) is 31.6 Å². The summed E-state index contributed by atoms with van der Waals surface area (Å²) < 4.78 is 0. The molecule has 0 saturated heterocycles. The van der Waals surface area contributed by atoms with Crippen LogP contribution in [0.2, 0.25) is 0 Å². The van der Waals surface area contributed by atoms with Crippen LogP contribution in [0.25, 0.3) is 0 Å². The minimum absolute atomic E-state index is 0.398. The summed E-state index contributed by atoms with van der Waals surface area (Å²) in [4.78, 5) is 4.22. The first-order valence-electron chi connectivity index (χ1n) is 4.19. The smallest absolute Gasteiger partial charge is 0.117 e. The van der Waals surface area contributed by atoms with E-state index >= 15 is 0 Å². The van der Waals surface area contributed by atoms with Gasteiger partial charge in [-0.2, -0.15) is 0 Å². The van der Waals surface area contributed by atoms with Gasteiger partial charge in [0.1, 0.15) is 13.5 Å². The summed E-state index contributed by atoms with van der Waals surface area (Å²) in [5.74, 6) is 3.41. The van der Waals surface area contributed by atoms with E-state index < -0.39 is 0 Å². The van der Waals surface area contributed by atoms with Gasteiger partial charge in [-0.3, -0.25) is 0 Å². The van der Waals surface area contributed by atoms with Crippen LogP contribution in [0.5, 0.6) is 0 Å². The highest BCUT2D eigenvalue weighted by Gasteiger charge is 2.05. The second kappa shape index (κ2) is 5.67. The molecule has 0 unspecified atom stereocenters. The number of nitrogens with zero attached hydrogens (tertiary/aromatic N) is 1. The topological polar surface area (TPSA) is 12.9 Å². The standard InChI is InChI=1S/C10H9BINS/c1-7(2)9-5-8(11)6-13-10(9)3-4-14-12/h5-7H,1-2H3. The Morgan fingerprint density at radius 2 is 2.29 bits per heavy atom. The molecule has 0 amide bonds. The van der Waals surface area contributed by atoms with E-state index in [-0.39, 0.29) is 0 Å². The first kappa shape index (κ1) is 11.9. The molecule has 0 aliphatic carbocycles. The first-order chi connectivity index (χ1) is 6.65. The quantitative estimate of drug-likeness (QED) is 0.449. The lowest BCUT2D eigenvalue weighted by Gasteiger charge is -2.08. The Kier molecular flexibility index (Phi) is 4.83. The molecule has 4 heteroatoms. The van der Waals surface area contributed by atoms with Gasteiger partial charge in [0.15, 0.2) is 0 Å². The van der Waals surface area contributed by atoms with E-state index in [1.165, 1.54) is 8.93 Å². The summed E-state index contributed by atoms with van der Waals surface area (Å²) >= 11 is 2.14. The van der Waals surface area contributed by atoms with E-state index in [4.69, 9.17) is 7.85 Å². The second-order valence-corrected chi connectivity index (χ2v) is 4.85. The highest BCUT2D eigenvalue weighted by molar-refractivity contribution is 14.2. The van der Waals surface area contributed by atoms with Crippen molar-refractivity contribution in [3.8, 4) is 11.2 Å². The number of hydrogen-bond donors (Lipinski definition) is 0. The molecule has 2 radical (unpaired) electrons. The van der Waals surface area contributed by atoms with Crippen LogP contribution in [0, 0.1) is 11.2 Å². The average molecular weight is 313 g/mol. The molecule has 0 N–H and O–H groups in total. The van der Waals surface area contributed by atoms with Gasteiger partial charge in [0.2, 0.25) is 0 Å². The molecule has 0 aliphatic rings. The van der Waals surface area contributed by atoms with Crippen LogP contribution in [0.1, 0.15) is 31.0 Å². The summed E-state index contributed by atoms with van der Waals surface area (Å²) in [6.07, 6.45) is 1.65. The molecule has 0 atom stereocenters. The zero-order valence-corrected chi connectivity index (χ0v) is 11.0. The largest absolute Gasteiger partial charge is 0.248 e. The molecule has 0 fully saturated rings. The SMILES string of the molecule is [B]c1cnc(C#CSI)c(C(C)C)c1. The van der Waals surface area contributed by atoms with Gasteiger partial charge in [0.05, 0.1) is 0 Å². The van der Waals surface area contributed by atoms with Crippen LogP contribution in [0.3, 0.4) is 0 Å². The molecule has 70 valence electrons. The molecular weight excluding hydrogens is 304 g/mol. The van der Waals surface area contributed by atoms with Crippen molar-refractivity contribution in [3.05, 3.63) is 23.5 Å². The molecular formula is C10H9BINS. The first-order valence-corrected chi connectivity index (χ1v) is 7.55. The van der Waals surface area contributed by atoms with Gasteiger partial charge >= 0.3 is 0 Å². The lowest BCUT2D eigenvalue weighted by Crippen LogP contribution is -2.08. The number of rotatable bonds is 1. The van der Waals surface area contributed by atoms with Gasteiger partial charge < -0.3 is 0 Å². The van der Waals surface area contributed by atoms with E-state index in [1.54, 1.807) is 6.20 Å². The molecule has 1 nitrogen and oxygen atoms in total. The van der Waals surface area contributed by atoms with Gasteiger partial charge in [-0.1, -0.05) is 25.4 Å². The third-order valence-electron chi connectivity index (χ3n) is 1.77. The fourth-order valence-electron chi connectivity index (χ4n) is 1.11. The van der Waals surface area contributed by atoms with Crippen molar-refractivity contribution >= 4 is 43.4 Å². The lowest BCUT2D eigenvalue weighted by molar-refractivity contribution is 0.855. The molecule has 1 heterocycles. The predicted molar refractivity (Wildman–Crippen MR) is 72.2 cm³/mol. The minimum Gasteiger partial charge on any atom is -0.248 e. The fraction of sp³-hybridized carbons (Fsp3) is 0.300. The molecule has 0 aliphatic heterocycles. The highest BCUT2D eigenvalue weighted by atomic mass is 127. The van der Waals surface area contributed by atoms with Crippen molar-refractivity contribution in [2.75, 3.05) is 0 Å². The van der Waals surface area contributed by atoms with Crippen molar-refractivity contribution in [2.45, 2.75) is 19.8 Å². The summed E-state index contributed by atoms with van der Waals surface area (Å²) in [5, 5.41) is 2.93. The summed E-state index contributed by atoms with van der Waals surface area (Å²) in [6, 6.07) is 1.94. The Morgan fingerprint density at radius 3 is 2.86 bits per heavy atom. The molecule has 14 heavy (non-hydrogen) atoms. The van der Waals surface area contributed by atoms with Crippen molar-refractivity contribution in [1.82, 2.24) is 4.98 Å². The van der Waals surface area contributed by atoms with E-state index in [0.717, 1.165) is 11.3 Å². The zero-order valence-electron chi connectivity index (χ0n) is 8.04. The maximum absolute atomic E-state index is 5.68. The summed E-state index contributed by atoms with van der Waals surface area (Å²) in [5.41, 5.74) is 2.64. The summed E-state index contributed by atoms with van der Waals surface area (Å²) in [6.45, 7) is 4.22. The molecule has 0 bridgehead atoms. The maximum atomic E-state index is 5.68. The Morgan fingerprint density at radius 1 is 1.57 bits per heavy atom. The van der Waals surface area contributed by atoms with Crippen molar-refractivity contribution in [2.24, 2.45) is 0 Å². The van der Waals surface area contributed by atoms with Crippen molar-refractivity contribution < 1.29 is 0 Å². The minimum atomic E-state index is 0.398. The summed E-state index contributed by atoms with van der Waals surface area (Å²) in [7, 11) is 7.14. The maximum Gasteiger partial charge on any atom is 0.117 e. The third kappa shape index (κ3) is 3.21. The molecule has 1 aromatic rings. The number of halogens is 1. The Balaban J connectivity index is 3.15. The Hall–Kier alpha value is -0.145. The highest BCUT2D eigenvalue weighted by Crippen LogP contribution is 2.16. The fourth-order valence-corrected chi connectivity index (χ4v) is 1.58. The van der Waals surface area contributed by atoms with Crippen LogP contribution in [0.15, 0.2) is 12.3 Å². The van der Waals surface area contributed by atoms with Crippen LogP contribution in [-0.4, -0.2) is 12.8 Å². The molecule has 0 aromatic carbocycles. The van der Waals surface area contributed by atoms with E-state index in [9.17, 15) is 0 Å². The van der Waals surface area contributed by atoms with E-state index in [1.807, 2.05) is 6.07 Å². The second-order valence-electron chi connectivity index (χ2n) is 3.17. The van der Waals surface area contributed by atoms with Gasteiger partial charge in [-0.25, -0.2) is 4.98 Å². The van der Waals surface area contributed by atoms with Crippen molar-refractivity contribution in [3.63, 3.8) is 0 Å².